The Morgan fingerprint density at radius 2 is 2.07 bits per heavy atom. The third-order valence-corrected chi connectivity index (χ3v) is 5.63. The van der Waals surface area contributed by atoms with Crippen LogP contribution in [-0.4, -0.2) is 20.4 Å². The maximum atomic E-state index is 12.1. The molecule has 0 aliphatic rings. The first-order chi connectivity index (χ1) is 12.8. The fourth-order valence-electron chi connectivity index (χ4n) is 2.50. The Balaban J connectivity index is 1.67. The van der Waals surface area contributed by atoms with E-state index in [1.54, 1.807) is 34.4 Å². The molecule has 0 aliphatic heterocycles. The van der Waals surface area contributed by atoms with Gasteiger partial charge in [0.25, 0.3) is 5.69 Å². The summed E-state index contributed by atoms with van der Waals surface area (Å²) in [6, 6.07) is 4.91. The largest absolute Gasteiger partial charge is 0.307 e. The van der Waals surface area contributed by atoms with Gasteiger partial charge in [0.1, 0.15) is 0 Å². The van der Waals surface area contributed by atoms with Gasteiger partial charge >= 0.3 is 4.87 Å². The fraction of sp³-hybridized carbons (Fsp3) is 0.235. The first kappa shape index (κ1) is 18.9. The molecule has 27 heavy (non-hydrogen) atoms. The highest BCUT2D eigenvalue weighted by Crippen LogP contribution is 2.29. The van der Waals surface area contributed by atoms with E-state index in [2.05, 4.69) is 10.3 Å². The van der Waals surface area contributed by atoms with E-state index >= 15 is 0 Å². The monoisotopic (exact) mass is 404 g/mol. The number of rotatable bonds is 6. The predicted octanol–water partition coefficient (Wildman–Crippen LogP) is 3.59. The quantitative estimate of drug-likeness (QED) is 0.499. The van der Waals surface area contributed by atoms with Crippen LogP contribution in [-0.2, 0) is 11.3 Å². The molecule has 1 aromatic carbocycles. The molecule has 0 radical (unpaired) electrons. The van der Waals surface area contributed by atoms with E-state index in [9.17, 15) is 19.7 Å². The van der Waals surface area contributed by atoms with E-state index in [0.29, 0.717) is 28.5 Å². The van der Waals surface area contributed by atoms with Crippen LogP contribution in [0.15, 0.2) is 33.8 Å². The van der Waals surface area contributed by atoms with Crippen molar-refractivity contribution in [3.8, 4) is 11.3 Å². The van der Waals surface area contributed by atoms with E-state index in [4.69, 9.17) is 0 Å². The lowest BCUT2D eigenvalue weighted by molar-refractivity contribution is -0.385. The molecule has 1 amide bonds. The number of carbonyl (C=O) groups excluding carboxylic acids is 1. The van der Waals surface area contributed by atoms with Crippen molar-refractivity contribution in [2.24, 2.45) is 0 Å². The first-order valence-corrected chi connectivity index (χ1v) is 9.77. The number of hydrogen-bond acceptors (Lipinski definition) is 7. The van der Waals surface area contributed by atoms with Gasteiger partial charge in [0.2, 0.25) is 5.91 Å². The molecule has 3 rings (SSSR count). The number of carbonyl (C=O) groups is 1. The van der Waals surface area contributed by atoms with Crippen molar-refractivity contribution in [3.05, 3.63) is 60.0 Å². The normalized spacial score (nSPS) is 10.7. The molecule has 8 nitrogen and oxygen atoms in total. The SMILES string of the molecule is Cc1ccc(-c2csc(NC(=O)CCn3c(C)csc3=O)n2)cc1[N+](=O)[O-]. The van der Waals surface area contributed by atoms with Crippen LogP contribution in [0.25, 0.3) is 11.3 Å². The van der Waals surface area contributed by atoms with E-state index in [-0.39, 0.29) is 22.9 Å². The van der Waals surface area contributed by atoms with E-state index in [0.717, 1.165) is 17.0 Å². The van der Waals surface area contributed by atoms with Gasteiger partial charge in [-0.2, -0.15) is 0 Å². The van der Waals surface area contributed by atoms with Gasteiger partial charge in [0.05, 0.1) is 10.6 Å². The molecule has 3 aromatic rings. The smallest absolute Gasteiger partial charge is 0.303 e. The lowest BCUT2D eigenvalue weighted by atomic mass is 10.1. The average Bonchev–Trinajstić information content (AvgIpc) is 3.20. The minimum Gasteiger partial charge on any atom is -0.303 e. The van der Waals surface area contributed by atoms with Crippen molar-refractivity contribution in [2.45, 2.75) is 26.8 Å². The molecule has 0 saturated carbocycles. The number of hydrogen-bond donors (Lipinski definition) is 1. The number of thiazole rings is 2. The minimum absolute atomic E-state index is 0.0302. The van der Waals surface area contributed by atoms with Gasteiger partial charge in [-0.05, 0) is 13.8 Å². The second kappa shape index (κ2) is 7.80. The summed E-state index contributed by atoms with van der Waals surface area (Å²) in [4.78, 5) is 38.7. The van der Waals surface area contributed by atoms with Gasteiger partial charge in [-0.3, -0.25) is 19.7 Å². The number of nitrogens with zero attached hydrogens (tertiary/aromatic N) is 3. The summed E-state index contributed by atoms with van der Waals surface area (Å²) >= 11 is 2.35. The number of nitro benzene ring substituents is 1. The molecule has 0 unspecified atom stereocenters. The van der Waals surface area contributed by atoms with Gasteiger partial charge in [-0.1, -0.05) is 23.5 Å². The summed E-state index contributed by atoms with van der Waals surface area (Å²) in [5, 5.41) is 17.7. The Morgan fingerprint density at radius 1 is 1.30 bits per heavy atom. The lowest BCUT2D eigenvalue weighted by Crippen LogP contribution is -2.20. The van der Waals surface area contributed by atoms with Crippen molar-refractivity contribution < 1.29 is 9.72 Å². The molecule has 0 saturated heterocycles. The van der Waals surface area contributed by atoms with Gasteiger partial charge < -0.3 is 9.88 Å². The Kier molecular flexibility index (Phi) is 5.47. The third kappa shape index (κ3) is 4.29. The summed E-state index contributed by atoms with van der Waals surface area (Å²) in [6.07, 6.45) is 0.155. The molecule has 10 heteroatoms. The van der Waals surface area contributed by atoms with Crippen molar-refractivity contribution in [1.82, 2.24) is 9.55 Å². The number of benzene rings is 1. The first-order valence-electron chi connectivity index (χ1n) is 8.01. The zero-order valence-electron chi connectivity index (χ0n) is 14.6. The van der Waals surface area contributed by atoms with Crippen LogP contribution in [0.5, 0.6) is 0 Å². The highest BCUT2D eigenvalue weighted by Gasteiger charge is 2.14. The molecule has 140 valence electrons. The summed E-state index contributed by atoms with van der Waals surface area (Å²) in [5.74, 6) is -0.247. The molecule has 0 spiro atoms. The summed E-state index contributed by atoms with van der Waals surface area (Å²) < 4.78 is 1.56. The Morgan fingerprint density at radius 3 is 2.74 bits per heavy atom. The molecule has 0 aliphatic carbocycles. The van der Waals surface area contributed by atoms with Crippen LogP contribution >= 0.6 is 22.7 Å². The predicted molar refractivity (Wildman–Crippen MR) is 106 cm³/mol. The highest BCUT2D eigenvalue weighted by atomic mass is 32.1. The van der Waals surface area contributed by atoms with Gasteiger partial charge in [-0.15, -0.1) is 11.3 Å². The van der Waals surface area contributed by atoms with Crippen LogP contribution in [0.4, 0.5) is 10.8 Å². The van der Waals surface area contributed by atoms with Crippen LogP contribution in [0.3, 0.4) is 0 Å². The number of nitrogens with one attached hydrogen (secondary N) is 1. The molecular formula is C17H16N4O4S2. The zero-order chi connectivity index (χ0) is 19.6. The Hall–Kier alpha value is -2.85. The van der Waals surface area contributed by atoms with E-state index in [1.165, 1.54) is 17.4 Å². The second-order valence-corrected chi connectivity index (χ2v) is 7.57. The Bertz CT molecular complexity index is 1070. The number of aromatic nitrogens is 2. The topological polar surface area (TPSA) is 107 Å². The van der Waals surface area contributed by atoms with Crippen molar-refractivity contribution in [1.29, 1.82) is 0 Å². The molecular weight excluding hydrogens is 388 g/mol. The highest BCUT2D eigenvalue weighted by molar-refractivity contribution is 7.14. The van der Waals surface area contributed by atoms with Gasteiger partial charge in [0, 0.05) is 46.6 Å². The number of amides is 1. The number of nitro groups is 1. The minimum atomic E-state index is -0.428. The van der Waals surface area contributed by atoms with E-state index in [1.807, 2.05) is 6.92 Å². The summed E-state index contributed by atoms with van der Waals surface area (Å²) in [5.41, 5.74) is 2.61. The Labute approximate surface area is 162 Å². The van der Waals surface area contributed by atoms with Crippen molar-refractivity contribution in [2.75, 3.05) is 5.32 Å². The lowest BCUT2D eigenvalue weighted by Gasteiger charge is -2.04. The standard InChI is InChI=1S/C17H16N4O4S2/c1-10-3-4-12(7-14(10)21(24)25)13-9-26-16(18-13)19-15(22)5-6-20-11(2)8-27-17(20)23/h3-4,7-9H,5-6H2,1-2H3,(H,18,19,22). The fourth-order valence-corrected chi connectivity index (χ4v) is 4.00. The number of aryl methyl sites for hydroxylation is 2. The third-order valence-electron chi connectivity index (χ3n) is 3.99. The number of anilines is 1. The molecule has 2 aromatic heterocycles. The van der Waals surface area contributed by atoms with Crippen molar-refractivity contribution >= 4 is 39.4 Å². The molecule has 0 atom stereocenters. The second-order valence-electron chi connectivity index (χ2n) is 5.89. The summed E-state index contributed by atoms with van der Waals surface area (Å²) in [7, 11) is 0. The zero-order valence-corrected chi connectivity index (χ0v) is 16.2. The van der Waals surface area contributed by atoms with Crippen LogP contribution in [0, 0.1) is 24.0 Å². The van der Waals surface area contributed by atoms with Crippen LogP contribution < -0.4 is 10.2 Å². The molecule has 1 N–H and O–H groups in total. The average molecular weight is 404 g/mol. The van der Waals surface area contributed by atoms with Crippen LogP contribution in [0.1, 0.15) is 17.7 Å². The van der Waals surface area contributed by atoms with Gasteiger partial charge in [0.15, 0.2) is 5.13 Å². The maximum Gasteiger partial charge on any atom is 0.307 e. The molecule has 0 bridgehead atoms. The molecule has 2 heterocycles. The van der Waals surface area contributed by atoms with E-state index < -0.39 is 4.92 Å². The van der Waals surface area contributed by atoms with Crippen LogP contribution in [0.2, 0.25) is 0 Å². The van der Waals surface area contributed by atoms with Gasteiger partial charge in [-0.25, -0.2) is 4.98 Å². The maximum absolute atomic E-state index is 12.1. The summed E-state index contributed by atoms with van der Waals surface area (Å²) in [6.45, 7) is 3.81. The molecule has 0 fully saturated rings. The van der Waals surface area contributed by atoms with Crippen molar-refractivity contribution in [3.63, 3.8) is 0 Å².